The van der Waals surface area contributed by atoms with E-state index in [1.807, 2.05) is 0 Å². The zero-order chi connectivity index (χ0) is 48.4. The van der Waals surface area contributed by atoms with Gasteiger partial charge in [0, 0.05) is 44.8 Å². The van der Waals surface area contributed by atoms with Crippen LogP contribution < -0.4 is 26.2 Å². The lowest BCUT2D eigenvalue weighted by molar-refractivity contribution is 0.332. The Balaban J connectivity index is 1.23. The summed E-state index contributed by atoms with van der Waals surface area (Å²) >= 11 is 0. The smallest absolute Gasteiger partial charge is 0.257 e. The molecule has 346 valence electrons. The molecule has 0 atom stereocenters. The van der Waals surface area contributed by atoms with Gasteiger partial charge < -0.3 is 14.2 Å². The Morgan fingerprint density at radius 3 is 1.73 bits per heavy atom. The summed E-state index contributed by atoms with van der Waals surface area (Å²) in [5.74, 6) is 0. The molecule has 0 saturated heterocycles. The maximum atomic E-state index is 7.26. The molecule has 0 saturated carbocycles. The quantitative estimate of drug-likeness (QED) is 0.164. The second-order valence-corrected chi connectivity index (χ2v) is 24.0. The minimum Gasteiger partial charge on any atom is -0.457 e. The van der Waals surface area contributed by atoms with Crippen molar-refractivity contribution >= 4 is 79.2 Å². The van der Waals surface area contributed by atoms with Gasteiger partial charge in [0.2, 0.25) is 0 Å². The number of aryl methyl sites for hydroxylation is 3. The molecule has 9 aromatic rings. The topological polar surface area (TPSA) is 19.6 Å². The Labute approximate surface area is 415 Å². The molecule has 13 rings (SSSR count). The van der Waals surface area contributed by atoms with Crippen molar-refractivity contribution < 1.29 is 4.42 Å². The molecule has 3 heterocycles. The molecule has 0 fully saturated rings. The highest BCUT2D eigenvalue weighted by molar-refractivity contribution is 7.01. The summed E-state index contributed by atoms with van der Waals surface area (Å²) in [4.78, 5) is 5.33. The third-order valence-corrected chi connectivity index (χ3v) is 17.5. The van der Waals surface area contributed by atoms with Gasteiger partial charge in [0.25, 0.3) is 6.71 Å². The first kappa shape index (κ1) is 43.3. The number of hydrogen-bond acceptors (Lipinski definition) is 3. The van der Waals surface area contributed by atoms with E-state index in [1.54, 1.807) is 0 Å². The zero-order valence-corrected chi connectivity index (χ0v) is 42.9. The van der Waals surface area contributed by atoms with E-state index >= 15 is 0 Å². The molecule has 3 nitrogen and oxygen atoms in total. The second-order valence-electron chi connectivity index (χ2n) is 24.0. The first-order valence-corrected chi connectivity index (χ1v) is 25.7. The highest BCUT2D eigenvalue weighted by Gasteiger charge is 2.50. The highest BCUT2D eigenvalue weighted by atomic mass is 16.3. The van der Waals surface area contributed by atoms with Crippen molar-refractivity contribution in [3.63, 3.8) is 0 Å². The zero-order valence-electron chi connectivity index (χ0n) is 42.9. The third-order valence-electron chi connectivity index (χ3n) is 17.5. The molecule has 0 N–H and O–H groups in total. The molecular formula is C66H63BN2O. The van der Waals surface area contributed by atoms with Crippen molar-refractivity contribution in [1.82, 2.24) is 0 Å². The van der Waals surface area contributed by atoms with Crippen LogP contribution in [0.1, 0.15) is 114 Å². The average Bonchev–Trinajstić information content (AvgIpc) is 3.80. The molecule has 2 aliphatic heterocycles. The van der Waals surface area contributed by atoms with Crippen LogP contribution in [0.25, 0.3) is 44.2 Å². The lowest BCUT2D eigenvalue weighted by atomic mass is 9.33. The number of benzene rings is 8. The van der Waals surface area contributed by atoms with E-state index in [1.165, 1.54) is 107 Å². The Bertz CT molecular complexity index is 3680. The van der Waals surface area contributed by atoms with Crippen molar-refractivity contribution in [2.24, 2.45) is 0 Å². The summed E-state index contributed by atoms with van der Waals surface area (Å²) in [7, 11) is 0. The number of fused-ring (bicyclic) bond motifs is 10. The largest absolute Gasteiger partial charge is 0.457 e. The molecule has 4 heteroatoms. The first-order valence-electron chi connectivity index (χ1n) is 25.7. The number of rotatable bonds is 4. The summed E-state index contributed by atoms with van der Waals surface area (Å²) in [6.07, 6.45) is 3.42. The predicted octanol–water partition coefficient (Wildman–Crippen LogP) is 16.2. The van der Waals surface area contributed by atoms with Crippen molar-refractivity contribution in [3.05, 3.63) is 185 Å². The molecule has 0 radical (unpaired) electrons. The van der Waals surface area contributed by atoms with Gasteiger partial charge in [0.15, 0.2) is 0 Å². The average molecular weight is 911 g/mol. The highest BCUT2D eigenvalue weighted by Crippen LogP contribution is 2.56. The van der Waals surface area contributed by atoms with Gasteiger partial charge in [-0.3, -0.25) is 0 Å². The lowest BCUT2D eigenvalue weighted by Crippen LogP contribution is -2.61. The van der Waals surface area contributed by atoms with E-state index in [0.29, 0.717) is 0 Å². The maximum Gasteiger partial charge on any atom is 0.257 e. The van der Waals surface area contributed by atoms with Crippen LogP contribution in [-0.2, 0) is 21.7 Å². The molecule has 4 aliphatic rings. The van der Waals surface area contributed by atoms with Gasteiger partial charge >= 0.3 is 0 Å². The summed E-state index contributed by atoms with van der Waals surface area (Å²) in [5.41, 5.74) is 27.8. The first-order chi connectivity index (χ1) is 33.4. The molecular weight excluding hydrogens is 848 g/mol. The third kappa shape index (κ3) is 6.07. The van der Waals surface area contributed by atoms with Gasteiger partial charge in [-0.2, -0.15) is 0 Å². The van der Waals surface area contributed by atoms with Gasteiger partial charge in [0.1, 0.15) is 11.2 Å². The van der Waals surface area contributed by atoms with Crippen molar-refractivity contribution in [1.29, 1.82) is 0 Å². The Morgan fingerprint density at radius 1 is 0.429 bits per heavy atom. The Kier molecular flexibility index (Phi) is 9.05. The van der Waals surface area contributed by atoms with Gasteiger partial charge in [-0.05, 0) is 182 Å². The van der Waals surface area contributed by atoms with Gasteiger partial charge in [-0.25, -0.2) is 0 Å². The van der Waals surface area contributed by atoms with E-state index in [9.17, 15) is 0 Å². The van der Waals surface area contributed by atoms with Crippen LogP contribution in [0.3, 0.4) is 0 Å². The number of nitrogens with zero attached hydrogens (tertiary/aromatic N) is 2. The minimum atomic E-state index is -0.124. The van der Waals surface area contributed by atoms with Crippen LogP contribution in [0, 0.1) is 20.8 Å². The maximum absolute atomic E-state index is 7.26. The standard InChI is InChI=1S/C66H63BN2O/c1-39-20-19-21-40(2)59(39)43-33-56-60-57(34-43)69(54-36-49-47(32-41(54)3)63(4,5)30-31-64(49,6)7)55-37-50-48(65(8,9)38-66(50,10)11)35-51(55)67(60)61-53(29-28-46-45-25-16-18-27-58(45)70-62(46)61)68(56)52-26-17-15-24-44(52)42-22-13-12-14-23-42/h12-29,32-37H,30-31,38H2,1-11H3. The molecule has 1 aromatic heterocycles. The van der Waals surface area contributed by atoms with Crippen LogP contribution in [0.5, 0.6) is 0 Å². The van der Waals surface area contributed by atoms with E-state index in [0.717, 1.165) is 46.2 Å². The van der Waals surface area contributed by atoms with Crippen molar-refractivity contribution in [3.8, 4) is 22.3 Å². The molecule has 70 heavy (non-hydrogen) atoms. The van der Waals surface area contributed by atoms with Gasteiger partial charge in [0.05, 0.1) is 5.69 Å². The number of para-hydroxylation sites is 2. The number of anilines is 6. The minimum absolute atomic E-state index is 0.00356. The summed E-state index contributed by atoms with van der Waals surface area (Å²) in [6.45, 7) is 26.5. The van der Waals surface area contributed by atoms with Gasteiger partial charge in [-0.15, -0.1) is 0 Å². The molecule has 0 bridgehead atoms. The number of furan rings is 1. The van der Waals surface area contributed by atoms with Crippen LogP contribution in [0.15, 0.2) is 150 Å². The van der Waals surface area contributed by atoms with Gasteiger partial charge in [-0.1, -0.05) is 152 Å². The van der Waals surface area contributed by atoms with E-state index in [-0.39, 0.29) is 28.4 Å². The van der Waals surface area contributed by atoms with E-state index in [4.69, 9.17) is 4.42 Å². The van der Waals surface area contributed by atoms with Crippen molar-refractivity contribution in [2.45, 2.75) is 117 Å². The fraction of sp³-hybridized carbons (Fsp3) is 0.273. The van der Waals surface area contributed by atoms with Crippen molar-refractivity contribution in [2.75, 3.05) is 9.80 Å². The SMILES string of the molecule is Cc1cc2c(cc1N1c3cc4c(cc3B3c5c1cc(-c1c(C)cccc1C)cc5N(c1ccccc1-c1ccccc1)c1ccc5c(oc6ccccc65)c13)C(C)(C)CC4(C)C)C(C)(C)CCC2(C)C. The molecule has 8 aromatic carbocycles. The predicted molar refractivity (Wildman–Crippen MR) is 299 cm³/mol. The molecule has 0 unspecified atom stereocenters. The molecule has 0 amide bonds. The fourth-order valence-corrected chi connectivity index (χ4v) is 14.1. The fourth-order valence-electron chi connectivity index (χ4n) is 14.1. The Morgan fingerprint density at radius 2 is 1.01 bits per heavy atom. The number of hydrogen-bond donors (Lipinski definition) is 0. The van der Waals surface area contributed by atoms with E-state index < -0.39 is 0 Å². The monoisotopic (exact) mass is 911 g/mol. The Hall–Kier alpha value is -6.78. The summed E-state index contributed by atoms with van der Waals surface area (Å²) < 4.78 is 7.26. The van der Waals surface area contributed by atoms with Crippen LogP contribution >= 0.6 is 0 Å². The van der Waals surface area contributed by atoms with E-state index in [2.05, 4.69) is 232 Å². The second kappa shape index (κ2) is 14.6. The molecule has 0 spiro atoms. The summed E-state index contributed by atoms with van der Waals surface area (Å²) in [5, 5.41) is 2.31. The summed E-state index contributed by atoms with van der Waals surface area (Å²) in [6, 6.07) is 55.6. The lowest BCUT2D eigenvalue weighted by Gasteiger charge is -2.46. The normalized spacial score (nSPS) is 17.6. The van der Waals surface area contributed by atoms with Crippen LogP contribution in [0.2, 0.25) is 0 Å². The van der Waals surface area contributed by atoms with Crippen LogP contribution in [-0.4, -0.2) is 6.71 Å². The molecule has 2 aliphatic carbocycles. The van der Waals surface area contributed by atoms with Crippen LogP contribution in [0.4, 0.5) is 34.1 Å².